The fourth-order valence-electron chi connectivity index (χ4n) is 3.58. The third kappa shape index (κ3) is 8.29. The number of para-hydroxylation sites is 1. The van der Waals surface area contributed by atoms with Crippen molar-refractivity contribution < 1.29 is 9.47 Å². The number of nitrogens with one attached hydrogen (secondary N) is 2. The molecule has 1 aliphatic rings. The zero-order valence-corrected chi connectivity index (χ0v) is 20.9. The Hall–Kier alpha value is -1.88. The minimum absolute atomic E-state index is 0. The quantitative estimate of drug-likeness (QED) is 0.273. The molecule has 1 unspecified atom stereocenters. The van der Waals surface area contributed by atoms with Gasteiger partial charge in [0.15, 0.2) is 5.96 Å². The number of aliphatic imine (C=N–C) groups is 1. The van der Waals surface area contributed by atoms with Gasteiger partial charge in [0.2, 0.25) is 0 Å². The first kappa shape index (κ1) is 25.4. The average Bonchev–Trinajstić information content (AvgIpc) is 3.25. The number of aryl methyl sites for hydroxylation is 1. The molecule has 9 heteroatoms. The van der Waals surface area contributed by atoms with Crippen LogP contribution in [0.5, 0.6) is 5.75 Å². The molecule has 0 spiro atoms. The van der Waals surface area contributed by atoms with Gasteiger partial charge in [0.25, 0.3) is 0 Å². The second-order valence-corrected chi connectivity index (χ2v) is 7.39. The molecular weight excluding hydrogens is 507 g/mol. The van der Waals surface area contributed by atoms with Gasteiger partial charge >= 0.3 is 0 Å². The molecule has 1 aromatic carbocycles. The van der Waals surface area contributed by atoms with Gasteiger partial charge in [-0.25, -0.2) is 0 Å². The summed E-state index contributed by atoms with van der Waals surface area (Å²) in [6, 6.07) is 8.12. The van der Waals surface area contributed by atoms with E-state index in [2.05, 4.69) is 38.4 Å². The Morgan fingerprint density at radius 3 is 2.87 bits per heavy atom. The summed E-state index contributed by atoms with van der Waals surface area (Å²) in [6.45, 7) is 5.92. The van der Waals surface area contributed by atoms with Gasteiger partial charge in [-0.15, -0.1) is 34.2 Å². The number of hydrogen-bond acceptors (Lipinski definition) is 5. The lowest BCUT2D eigenvalue weighted by Gasteiger charge is -2.21. The number of methoxy groups -OCH3 is 1. The van der Waals surface area contributed by atoms with Gasteiger partial charge in [0.05, 0.1) is 19.8 Å². The van der Waals surface area contributed by atoms with Crippen molar-refractivity contribution in [2.24, 2.45) is 4.99 Å². The van der Waals surface area contributed by atoms with Crippen LogP contribution in [0, 0.1) is 0 Å². The molecule has 0 bridgehead atoms. The molecule has 1 aromatic heterocycles. The average molecular weight is 542 g/mol. The molecule has 2 aromatic rings. The summed E-state index contributed by atoms with van der Waals surface area (Å²) >= 11 is 0. The Kier molecular flexibility index (Phi) is 11.7. The van der Waals surface area contributed by atoms with E-state index in [1.165, 1.54) is 12.0 Å². The molecule has 2 heterocycles. The molecule has 31 heavy (non-hydrogen) atoms. The van der Waals surface area contributed by atoms with Crippen LogP contribution in [-0.4, -0.2) is 60.2 Å². The number of rotatable bonds is 10. The molecule has 0 amide bonds. The summed E-state index contributed by atoms with van der Waals surface area (Å²) in [5.74, 6) is 2.72. The first-order chi connectivity index (χ1) is 14.8. The maximum Gasteiger partial charge on any atom is 0.191 e. The Morgan fingerprint density at radius 2 is 2.10 bits per heavy atom. The van der Waals surface area contributed by atoms with Crippen LogP contribution in [0.15, 0.2) is 35.6 Å². The third-order valence-corrected chi connectivity index (χ3v) is 5.26. The fraction of sp³-hybridized carbons (Fsp3) is 0.591. The van der Waals surface area contributed by atoms with Crippen molar-refractivity contribution in [1.29, 1.82) is 0 Å². The number of halogens is 1. The van der Waals surface area contributed by atoms with Gasteiger partial charge in [-0.05, 0) is 37.3 Å². The van der Waals surface area contributed by atoms with Crippen molar-refractivity contribution >= 4 is 29.9 Å². The van der Waals surface area contributed by atoms with Crippen LogP contribution in [0.4, 0.5) is 0 Å². The highest BCUT2D eigenvalue weighted by Gasteiger charge is 2.13. The summed E-state index contributed by atoms with van der Waals surface area (Å²) in [6.07, 6.45) is 7.18. The largest absolute Gasteiger partial charge is 0.496 e. The van der Waals surface area contributed by atoms with Crippen LogP contribution in [0.25, 0.3) is 0 Å². The second-order valence-electron chi connectivity index (χ2n) is 7.39. The molecule has 8 nitrogen and oxygen atoms in total. The number of hydrogen-bond donors (Lipinski definition) is 2. The Labute approximate surface area is 202 Å². The van der Waals surface area contributed by atoms with E-state index < -0.39 is 0 Å². The van der Waals surface area contributed by atoms with Crippen LogP contribution < -0.4 is 15.4 Å². The molecule has 0 radical (unpaired) electrons. The van der Waals surface area contributed by atoms with Crippen molar-refractivity contribution in [2.45, 2.75) is 51.7 Å². The number of ether oxygens (including phenoxy) is 2. The molecule has 1 saturated heterocycles. The summed E-state index contributed by atoms with van der Waals surface area (Å²) in [7, 11) is 1.71. The van der Waals surface area contributed by atoms with E-state index in [0.29, 0.717) is 6.54 Å². The first-order valence-electron chi connectivity index (χ1n) is 10.9. The molecule has 1 aliphatic heterocycles. The van der Waals surface area contributed by atoms with E-state index in [4.69, 9.17) is 14.5 Å². The van der Waals surface area contributed by atoms with Gasteiger partial charge in [0.1, 0.15) is 17.9 Å². The van der Waals surface area contributed by atoms with Gasteiger partial charge < -0.3 is 24.7 Å². The lowest BCUT2D eigenvalue weighted by atomic mass is 10.1. The number of nitrogens with zero attached hydrogens (tertiary/aromatic N) is 4. The van der Waals surface area contributed by atoms with E-state index in [9.17, 15) is 0 Å². The van der Waals surface area contributed by atoms with E-state index >= 15 is 0 Å². The fourth-order valence-corrected chi connectivity index (χ4v) is 3.58. The van der Waals surface area contributed by atoms with Crippen LogP contribution in [0.2, 0.25) is 0 Å². The Balaban J connectivity index is 0.00000341. The number of guanidine groups is 1. The summed E-state index contributed by atoms with van der Waals surface area (Å²) in [4.78, 5) is 4.78. The highest BCUT2D eigenvalue weighted by molar-refractivity contribution is 14.0. The molecule has 3 rings (SSSR count). The molecule has 1 atom stereocenters. The van der Waals surface area contributed by atoms with E-state index in [1.54, 1.807) is 13.4 Å². The second kappa shape index (κ2) is 14.2. The Bertz CT molecular complexity index is 792. The summed E-state index contributed by atoms with van der Waals surface area (Å²) < 4.78 is 13.4. The molecule has 0 aliphatic carbocycles. The molecule has 0 saturated carbocycles. The minimum atomic E-state index is 0. The van der Waals surface area contributed by atoms with Gasteiger partial charge in [0, 0.05) is 32.7 Å². The summed E-state index contributed by atoms with van der Waals surface area (Å²) in [5, 5.41) is 15.0. The minimum Gasteiger partial charge on any atom is -0.496 e. The third-order valence-electron chi connectivity index (χ3n) is 5.26. The van der Waals surface area contributed by atoms with Crippen LogP contribution in [-0.2, 0) is 24.1 Å². The van der Waals surface area contributed by atoms with E-state index in [-0.39, 0.29) is 30.1 Å². The number of aromatic nitrogens is 3. The van der Waals surface area contributed by atoms with E-state index in [0.717, 1.165) is 69.5 Å². The SMILES string of the molecule is CCc1nncn1CCNC(=NCC1CCCCO1)NCCc1ccccc1OC.I. The monoisotopic (exact) mass is 542 g/mol. The predicted molar refractivity (Wildman–Crippen MR) is 133 cm³/mol. The maximum atomic E-state index is 5.83. The van der Waals surface area contributed by atoms with Crippen molar-refractivity contribution in [1.82, 2.24) is 25.4 Å². The molecule has 1 fully saturated rings. The molecule has 172 valence electrons. The van der Waals surface area contributed by atoms with Gasteiger partial charge in [-0.1, -0.05) is 25.1 Å². The van der Waals surface area contributed by atoms with Crippen molar-refractivity contribution in [3.63, 3.8) is 0 Å². The lowest BCUT2D eigenvalue weighted by molar-refractivity contribution is 0.0224. The molecular formula is C22H35IN6O2. The standard InChI is InChI=1S/C22H34N6O2.HI/c1-3-21-27-26-17-28(21)14-13-24-22(25-16-19-9-6-7-15-30-19)23-12-11-18-8-4-5-10-20(18)29-2;/h4-5,8,10,17,19H,3,6-7,9,11-16H2,1-2H3,(H2,23,24,25);1H. The summed E-state index contributed by atoms with van der Waals surface area (Å²) in [5.41, 5.74) is 1.18. The van der Waals surface area contributed by atoms with Crippen LogP contribution >= 0.6 is 24.0 Å². The zero-order valence-electron chi connectivity index (χ0n) is 18.5. The van der Waals surface area contributed by atoms with E-state index in [1.807, 2.05) is 18.2 Å². The zero-order chi connectivity index (χ0) is 21.0. The Morgan fingerprint density at radius 1 is 1.26 bits per heavy atom. The van der Waals surface area contributed by atoms with Gasteiger partial charge in [-0.3, -0.25) is 4.99 Å². The van der Waals surface area contributed by atoms with Crippen molar-refractivity contribution in [2.75, 3.05) is 33.4 Å². The normalized spacial score (nSPS) is 16.5. The highest BCUT2D eigenvalue weighted by atomic mass is 127. The van der Waals surface area contributed by atoms with Crippen molar-refractivity contribution in [3.8, 4) is 5.75 Å². The van der Waals surface area contributed by atoms with Crippen molar-refractivity contribution in [3.05, 3.63) is 42.0 Å². The molecule has 2 N–H and O–H groups in total. The van der Waals surface area contributed by atoms with Crippen LogP contribution in [0.1, 0.15) is 37.6 Å². The maximum absolute atomic E-state index is 5.83. The first-order valence-corrected chi connectivity index (χ1v) is 10.9. The number of benzene rings is 1. The predicted octanol–water partition coefficient (Wildman–Crippen LogP) is 2.81. The smallest absolute Gasteiger partial charge is 0.191 e. The lowest BCUT2D eigenvalue weighted by Crippen LogP contribution is -2.40. The topological polar surface area (TPSA) is 85.6 Å². The van der Waals surface area contributed by atoms with Gasteiger partial charge in [-0.2, -0.15) is 0 Å². The highest BCUT2D eigenvalue weighted by Crippen LogP contribution is 2.17. The van der Waals surface area contributed by atoms with Crippen LogP contribution in [0.3, 0.4) is 0 Å².